The van der Waals surface area contributed by atoms with Crippen molar-refractivity contribution in [2.45, 2.75) is 19.3 Å². The van der Waals surface area contributed by atoms with Gasteiger partial charge >= 0.3 is 0 Å². The van der Waals surface area contributed by atoms with E-state index < -0.39 is 0 Å². The van der Waals surface area contributed by atoms with Gasteiger partial charge in [-0.3, -0.25) is 4.79 Å². The lowest BCUT2D eigenvalue weighted by molar-refractivity contribution is -0.127. The van der Waals surface area contributed by atoms with E-state index in [1.165, 1.54) is 6.42 Å². The molecule has 1 saturated carbocycles. The minimum absolute atomic E-state index is 0.133. The van der Waals surface area contributed by atoms with E-state index in [2.05, 4.69) is 33.1 Å². The molecular formula is C15H16BrNO2. The van der Waals surface area contributed by atoms with E-state index in [1.807, 2.05) is 24.3 Å². The molecule has 0 radical (unpaired) electrons. The first kappa shape index (κ1) is 14.0. The van der Waals surface area contributed by atoms with Gasteiger partial charge in [0.05, 0.1) is 6.54 Å². The summed E-state index contributed by atoms with van der Waals surface area (Å²) in [5.41, 5.74) is 0. The molecule has 2 rings (SSSR count). The quantitative estimate of drug-likeness (QED) is 0.866. The van der Waals surface area contributed by atoms with E-state index in [0.29, 0.717) is 13.2 Å². The minimum atomic E-state index is 0.133. The standard InChI is InChI=1S/C15H16BrNO2/c16-13-7-4-8-14(11-13)19-10-2-1-9-17-15(18)12-5-3-6-12/h4,7-8,11-12H,3,5-6,9-10H2,(H,17,18). The van der Waals surface area contributed by atoms with Crippen molar-refractivity contribution >= 4 is 21.8 Å². The van der Waals surface area contributed by atoms with Gasteiger partial charge in [-0.15, -0.1) is 0 Å². The average Bonchev–Trinajstić information content (AvgIpc) is 2.31. The smallest absolute Gasteiger partial charge is 0.223 e. The molecule has 1 aliphatic carbocycles. The molecule has 100 valence electrons. The lowest BCUT2D eigenvalue weighted by Crippen LogP contribution is -2.34. The number of carbonyl (C=O) groups is 1. The van der Waals surface area contributed by atoms with Crippen molar-refractivity contribution in [2.75, 3.05) is 13.2 Å². The molecule has 1 fully saturated rings. The van der Waals surface area contributed by atoms with Crippen molar-refractivity contribution in [3.63, 3.8) is 0 Å². The van der Waals surface area contributed by atoms with Crippen LogP contribution in [0.25, 0.3) is 0 Å². The number of hydrogen-bond donors (Lipinski definition) is 1. The van der Waals surface area contributed by atoms with Crippen LogP contribution in [0.3, 0.4) is 0 Å². The molecule has 0 unspecified atom stereocenters. The number of ether oxygens (including phenoxy) is 1. The topological polar surface area (TPSA) is 38.3 Å². The Morgan fingerprint density at radius 1 is 1.42 bits per heavy atom. The Hall–Kier alpha value is -1.47. The summed E-state index contributed by atoms with van der Waals surface area (Å²) in [4.78, 5) is 11.5. The number of halogens is 1. The van der Waals surface area contributed by atoms with Crippen LogP contribution in [0, 0.1) is 17.8 Å². The van der Waals surface area contributed by atoms with Crippen LogP contribution in [0.1, 0.15) is 19.3 Å². The normalized spacial score (nSPS) is 13.9. The summed E-state index contributed by atoms with van der Waals surface area (Å²) in [5, 5.41) is 2.82. The van der Waals surface area contributed by atoms with Crippen molar-refractivity contribution in [3.8, 4) is 17.6 Å². The van der Waals surface area contributed by atoms with E-state index in [1.54, 1.807) is 0 Å². The van der Waals surface area contributed by atoms with Gasteiger partial charge in [0.25, 0.3) is 0 Å². The summed E-state index contributed by atoms with van der Waals surface area (Å²) in [7, 11) is 0. The Morgan fingerprint density at radius 2 is 2.26 bits per heavy atom. The zero-order valence-corrected chi connectivity index (χ0v) is 12.2. The van der Waals surface area contributed by atoms with Crippen LogP contribution in [0.2, 0.25) is 0 Å². The van der Waals surface area contributed by atoms with E-state index in [4.69, 9.17) is 4.74 Å². The summed E-state index contributed by atoms with van der Waals surface area (Å²) < 4.78 is 6.43. The molecule has 0 aromatic heterocycles. The van der Waals surface area contributed by atoms with Gasteiger partial charge in [0.15, 0.2) is 0 Å². The fourth-order valence-corrected chi connectivity index (χ4v) is 2.11. The third-order valence-electron chi connectivity index (χ3n) is 3.06. The summed E-state index contributed by atoms with van der Waals surface area (Å²) in [5.74, 6) is 6.90. The molecule has 0 bridgehead atoms. The van der Waals surface area contributed by atoms with Gasteiger partial charge in [0.1, 0.15) is 12.4 Å². The zero-order chi connectivity index (χ0) is 13.5. The van der Waals surface area contributed by atoms with Crippen molar-refractivity contribution in [1.82, 2.24) is 5.32 Å². The largest absolute Gasteiger partial charge is 0.481 e. The maximum absolute atomic E-state index is 11.5. The monoisotopic (exact) mass is 321 g/mol. The lowest BCUT2D eigenvalue weighted by atomic mass is 9.85. The number of benzene rings is 1. The van der Waals surface area contributed by atoms with Crippen LogP contribution >= 0.6 is 15.9 Å². The summed E-state index contributed by atoms with van der Waals surface area (Å²) in [6, 6.07) is 7.62. The third-order valence-corrected chi connectivity index (χ3v) is 3.55. The first-order valence-corrected chi connectivity index (χ1v) is 7.17. The molecule has 0 saturated heterocycles. The van der Waals surface area contributed by atoms with Crippen molar-refractivity contribution in [1.29, 1.82) is 0 Å². The van der Waals surface area contributed by atoms with E-state index in [0.717, 1.165) is 23.1 Å². The highest BCUT2D eigenvalue weighted by atomic mass is 79.9. The Balaban J connectivity index is 1.63. The molecule has 0 atom stereocenters. The van der Waals surface area contributed by atoms with Crippen LogP contribution in [0.5, 0.6) is 5.75 Å². The van der Waals surface area contributed by atoms with Gasteiger partial charge in [-0.1, -0.05) is 40.3 Å². The highest BCUT2D eigenvalue weighted by Crippen LogP contribution is 2.25. The van der Waals surface area contributed by atoms with Gasteiger partial charge in [-0.2, -0.15) is 0 Å². The highest BCUT2D eigenvalue weighted by molar-refractivity contribution is 9.10. The number of nitrogens with one attached hydrogen (secondary N) is 1. The van der Waals surface area contributed by atoms with Crippen molar-refractivity contribution < 1.29 is 9.53 Å². The number of carbonyl (C=O) groups excluding carboxylic acids is 1. The molecule has 1 amide bonds. The van der Waals surface area contributed by atoms with Crippen LogP contribution in [0.4, 0.5) is 0 Å². The van der Waals surface area contributed by atoms with Gasteiger partial charge in [-0.05, 0) is 31.0 Å². The molecular weight excluding hydrogens is 306 g/mol. The lowest BCUT2D eigenvalue weighted by Gasteiger charge is -2.23. The molecule has 1 aliphatic rings. The van der Waals surface area contributed by atoms with E-state index in [9.17, 15) is 4.79 Å². The first-order chi connectivity index (χ1) is 9.25. The van der Waals surface area contributed by atoms with E-state index in [-0.39, 0.29) is 11.8 Å². The summed E-state index contributed by atoms with van der Waals surface area (Å²) in [6.07, 6.45) is 3.21. The van der Waals surface area contributed by atoms with Gasteiger partial charge in [0, 0.05) is 10.4 Å². The van der Waals surface area contributed by atoms with Gasteiger partial charge in [0.2, 0.25) is 5.91 Å². The average molecular weight is 322 g/mol. The Morgan fingerprint density at radius 3 is 2.95 bits per heavy atom. The molecule has 0 heterocycles. The molecule has 1 N–H and O–H groups in total. The molecule has 0 spiro atoms. The number of amides is 1. The second-order valence-electron chi connectivity index (χ2n) is 4.45. The van der Waals surface area contributed by atoms with Crippen molar-refractivity contribution in [2.24, 2.45) is 5.92 Å². The number of hydrogen-bond acceptors (Lipinski definition) is 2. The Labute approximate surface area is 121 Å². The molecule has 1 aromatic rings. The van der Waals surface area contributed by atoms with Gasteiger partial charge in [-0.25, -0.2) is 0 Å². The maximum atomic E-state index is 11.5. The Bertz CT molecular complexity index is 500. The zero-order valence-electron chi connectivity index (χ0n) is 10.6. The molecule has 4 heteroatoms. The molecule has 0 aliphatic heterocycles. The number of rotatable bonds is 4. The second-order valence-corrected chi connectivity index (χ2v) is 5.36. The van der Waals surface area contributed by atoms with Crippen LogP contribution in [0.15, 0.2) is 28.7 Å². The third kappa shape index (κ3) is 4.60. The fourth-order valence-electron chi connectivity index (χ4n) is 1.74. The van der Waals surface area contributed by atoms with Crippen LogP contribution in [-0.2, 0) is 4.79 Å². The summed E-state index contributed by atoms with van der Waals surface area (Å²) in [6.45, 7) is 0.729. The Kier molecular flexibility index (Phi) is 5.29. The molecule has 1 aromatic carbocycles. The van der Waals surface area contributed by atoms with Gasteiger partial charge < -0.3 is 10.1 Å². The maximum Gasteiger partial charge on any atom is 0.223 e. The SMILES string of the molecule is O=C(NCC#CCOc1cccc(Br)c1)C1CCC1. The summed E-state index contributed by atoms with van der Waals surface area (Å²) >= 11 is 3.37. The predicted molar refractivity (Wildman–Crippen MR) is 77.8 cm³/mol. The van der Waals surface area contributed by atoms with E-state index >= 15 is 0 Å². The van der Waals surface area contributed by atoms with Crippen LogP contribution in [-0.4, -0.2) is 19.1 Å². The molecule has 19 heavy (non-hydrogen) atoms. The fraction of sp³-hybridized carbons (Fsp3) is 0.400. The minimum Gasteiger partial charge on any atom is -0.481 e. The molecule has 3 nitrogen and oxygen atoms in total. The second kappa shape index (κ2) is 7.20. The van der Waals surface area contributed by atoms with Crippen molar-refractivity contribution in [3.05, 3.63) is 28.7 Å². The highest BCUT2D eigenvalue weighted by Gasteiger charge is 2.24. The first-order valence-electron chi connectivity index (χ1n) is 6.37. The predicted octanol–water partition coefficient (Wildman–Crippen LogP) is 2.75. The van der Waals surface area contributed by atoms with Crippen LogP contribution < -0.4 is 10.1 Å².